The number of fused-ring (bicyclic) bond motifs is 1. The van der Waals surface area contributed by atoms with Crippen LogP contribution in [0.5, 0.6) is 0 Å². The summed E-state index contributed by atoms with van der Waals surface area (Å²) in [5.74, 6) is 0.364. The Bertz CT molecular complexity index is 1730. The van der Waals surface area contributed by atoms with Gasteiger partial charge in [0, 0.05) is 43.0 Å². The Balaban J connectivity index is 1.74. The molecule has 0 bridgehead atoms. The topological polar surface area (TPSA) is 122 Å². The monoisotopic (exact) mass is 673 g/mol. The zero-order chi connectivity index (χ0) is 36.1. The van der Waals surface area contributed by atoms with Crippen molar-refractivity contribution < 1.29 is 23.9 Å². The minimum atomic E-state index is -0.761. The molecule has 1 aliphatic heterocycles. The molecule has 0 saturated heterocycles. The minimum Gasteiger partial charge on any atom is -0.444 e. The third kappa shape index (κ3) is 10.4. The molecule has 49 heavy (non-hydrogen) atoms. The lowest BCUT2D eigenvalue weighted by Crippen LogP contribution is -2.39. The first kappa shape index (κ1) is 37.1. The number of hydrogen-bond donors (Lipinski definition) is 1. The smallest absolute Gasteiger partial charge is 0.416 e. The number of anilines is 2. The standard InChI is InChI=1S/C37H51N7O5/c1-25(2)29-23-38-44-32(22-30(40-33(29)44)27-16-19-42(20-17-27)34(46)48-36(3,4)5)43(35(47)49-37(6,7)8)24-26-13-11-14-28(21-26)39-31(45)15-12-18-41(9)10/h11-16,21-23,25H,17-20,24H2,1-10H3,(H,39,45)/b15-12+. The van der Waals surface area contributed by atoms with Gasteiger partial charge in [0.15, 0.2) is 5.65 Å². The number of nitrogens with zero attached hydrogens (tertiary/aromatic N) is 6. The summed E-state index contributed by atoms with van der Waals surface area (Å²) in [6.45, 7) is 16.8. The number of aromatic nitrogens is 3. The molecular weight excluding hydrogens is 622 g/mol. The SMILES string of the molecule is CC(C)c1cnn2c(N(Cc3cccc(NC(=O)/C=C/CN(C)C)c3)C(=O)OC(C)(C)C)cc(C3=CCN(C(=O)OC(C)(C)C)CC3)nc12. The fraction of sp³-hybridized carbons (Fsp3) is 0.486. The molecule has 1 N–H and O–H groups in total. The van der Waals surface area contributed by atoms with Gasteiger partial charge in [-0.25, -0.2) is 14.6 Å². The summed E-state index contributed by atoms with van der Waals surface area (Å²) in [7, 11) is 3.86. The zero-order valence-electron chi connectivity index (χ0n) is 30.5. The van der Waals surface area contributed by atoms with Crippen LogP contribution in [0, 0.1) is 0 Å². The Morgan fingerprint density at radius 3 is 2.37 bits per heavy atom. The minimum absolute atomic E-state index is 0.123. The Kier molecular flexibility index (Phi) is 11.5. The summed E-state index contributed by atoms with van der Waals surface area (Å²) in [5.41, 5.74) is 3.24. The highest BCUT2D eigenvalue weighted by Gasteiger charge is 2.29. The summed E-state index contributed by atoms with van der Waals surface area (Å²) in [4.78, 5) is 49.5. The van der Waals surface area contributed by atoms with Crippen molar-refractivity contribution in [2.75, 3.05) is 43.9 Å². The van der Waals surface area contributed by atoms with Gasteiger partial charge in [0.1, 0.15) is 17.0 Å². The first-order chi connectivity index (χ1) is 22.9. The van der Waals surface area contributed by atoms with Crippen LogP contribution >= 0.6 is 0 Å². The van der Waals surface area contributed by atoms with Crippen LogP contribution in [0.15, 0.2) is 54.8 Å². The lowest BCUT2D eigenvalue weighted by atomic mass is 10.0. The van der Waals surface area contributed by atoms with Crippen LogP contribution in [0.4, 0.5) is 21.1 Å². The van der Waals surface area contributed by atoms with Crippen LogP contribution in [-0.2, 0) is 20.8 Å². The highest BCUT2D eigenvalue weighted by Crippen LogP contribution is 2.31. The molecule has 1 aliphatic rings. The number of ether oxygens (including phenoxy) is 2. The van der Waals surface area contributed by atoms with Gasteiger partial charge < -0.3 is 24.6 Å². The fourth-order valence-electron chi connectivity index (χ4n) is 5.16. The first-order valence-corrected chi connectivity index (χ1v) is 16.7. The molecule has 2 aromatic heterocycles. The van der Waals surface area contributed by atoms with E-state index in [9.17, 15) is 14.4 Å². The van der Waals surface area contributed by atoms with Crippen LogP contribution in [0.1, 0.15) is 84.5 Å². The summed E-state index contributed by atoms with van der Waals surface area (Å²) in [6.07, 6.45) is 6.72. The van der Waals surface area contributed by atoms with Gasteiger partial charge in [-0.1, -0.05) is 38.1 Å². The highest BCUT2D eigenvalue weighted by molar-refractivity contribution is 5.99. The lowest BCUT2D eigenvalue weighted by molar-refractivity contribution is -0.111. The molecule has 3 aromatic rings. The summed E-state index contributed by atoms with van der Waals surface area (Å²) < 4.78 is 13.2. The van der Waals surface area contributed by atoms with E-state index in [1.54, 1.807) is 32.7 Å². The molecule has 0 radical (unpaired) electrons. The molecule has 1 aromatic carbocycles. The quantitative estimate of drug-likeness (QED) is 0.244. The van der Waals surface area contributed by atoms with Gasteiger partial charge >= 0.3 is 12.2 Å². The van der Waals surface area contributed by atoms with Crippen LogP contribution in [0.25, 0.3) is 11.2 Å². The van der Waals surface area contributed by atoms with Crippen LogP contribution in [0.3, 0.4) is 0 Å². The van der Waals surface area contributed by atoms with E-state index < -0.39 is 17.3 Å². The van der Waals surface area contributed by atoms with Crippen LogP contribution < -0.4 is 10.2 Å². The molecule has 12 heteroatoms. The Morgan fingerprint density at radius 1 is 1.04 bits per heavy atom. The van der Waals surface area contributed by atoms with Gasteiger partial charge in [-0.15, -0.1) is 0 Å². The first-order valence-electron chi connectivity index (χ1n) is 16.7. The number of rotatable bonds is 9. The van der Waals surface area contributed by atoms with Crippen molar-refractivity contribution in [1.29, 1.82) is 0 Å². The summed E-state index contributed by atoms with van der Waals surface area (Å²) in [5, 5.41) is 7.59. The van der Waals surface area contributed by atoms with E-state index in [-0.39, 0.29) is 24.5 Å². The Hall–Kier alpha value is -4.71. The largest absolute Gasteiger partial charge is 0.444 e. The lowest BCUT2D eigenvalue weighted by Gasteiger charge is -2.30. The van der Waals surface area contributed by atoms with Gasteiger partial charge in [0.25, 0.3) is 0 Å². The maximum absolute atomic E-state index is 14.0. The molecular formula is C37H51N7O5. The number of carbonyl (C=O) groups excluding carboxylic acids is 3. The predicted octanol–water partition coefficient (Wildman–Crippen LogP) is 6.87. The van der Waals surface area contributed by atoms with Crippen LogP contribution in [-0.4, -0.2) is 87.4 Å². The maximum atomic E-state index is 14.0. The predicted molar refractivity (Wildman–Crippen MR) is 193 cm³/mol. The van der Waals surface area contributed by atoms with E-state index in [2.05, 4.69) is 24.3 Å². The molecule has 3 heterocycles. The van der Waals surface area contributed by atoms with Crippen molar-refractivity contribution in [3.8, 4) is 0 Å². The normalized spacial score (nSPS) is 14.0. The second-order valence-corrected chi connectivity index (χ2v) is 14.8. The van der Waals surface area contributed by atoms with E-state index in [0.29, 0.717) is 48.9 Å². The maximum Gasteiger partial charge on any atom is 0.416 e. The molecule has 12 nitrogen and oxygen atoms in total. The zero-order valence-corrected chi connectivity index (χ0v) is 30.5. The number of amides is 3. The fourth-order valence-corrected chi connectivity index (χ4v) is 5.16. The molecule has 264 valence electrons. The number of nitrogens with one attached hydrogen (secondary N) is 1. The van der Waals surface area contributed by atoms with E-state index >= 15 is 0 Å². The van der Waals surface area contributed by atoms with Crippen molar-refractivity contribution in [2.45, 2.75) is 85.5 Å². The van der Waals surface area contributed by atoms with E-state index in [1.165, 1.54) is 6.08 Å². The Morgan fingerprint density at radius 2 is 1.76 bits per heavy atom. The molecule has 3 amide bonds. The van der Waals surface area contributed by atoms with Crippen molar-refractivity contribution >= 4 is 40.8 Å². The molecule has 0 unspecified atom stereocenters. The van der Waals surface area contributed by atoms with Gasteiger partial charge in [-0.05, 0) is 91.2 Å². The van der Waals surface area contributed by atoms with E-state index in [4.69, 9.17) is 14.5 Å². The molecule has 0 aliphatic carbocycles. The molecule has 0 spiro atoms. The van der Waals surface area contributed by atoms with Crippen LogP contribution in [0.2, 0.25) is 0 Å². The number of carbonyl (C=O) groups is 3. The number of likely N-dealkylation sites (N-methyl/N-ethyl adjacent to an activating group) is 1. The summed E-state index contributed by atoms with van der Waals surface area (Å²) in [6, 6.07) is 9.23. The summed E-state index contributed by atoms with van der Waals surface area (Å²) >= 11 is 0. The van der Waals surface area contributed by atoms with Crippen molar-refractivity contribution in [1.82, 2.24) is 24.4 Å². The second kappa shape index (κ2) is 15.2. The van der Waals surface area contributed by atoms with Gasteiger partial charge in [0.05, 0.1) is 18.4 Å². The second-order valence-electron chi connectivity index (χ2n) is 14.8. The third-order valence-electron chi connectivity index (χ3n) is 7.46. The van der Waals surface area contributed by atoms with E-state index in [1.807, 2.05) is 90.9 Å². The average Bonchev–Trinajstić information content (AvgIpc) is 3.42. The Labute approximate surface area is 289 Å². The van der Waals surface area contributed by atoms with Gasteiger partial charge in [-0.3, -0.25) is 9.69 Å². The number of hydrogen-bond acceptors (Lipinski definition) is 8. The van der Waals surface area contributed by atoms with Crippen molar-refractivity contribution in [3.63, 3.8) is 0 Å². The molecule has 4 rings (SSSR count). The van der Waals surface area contributed by atoms with E-state index in [0.717, 1.165) is 16.7 Å². The third-order valence-corrected chi connectivity index (χ3v) is 7.46. The highest BCUT2D eigenvalue weighted by atomic mass is 16.6. The molecule has 0 saturated carbocycles. The van der Waals surface area contributed by atoms with Gasteiger partial charge in [-0.2, -0.15) is 9.61 Å². The van der Waals surface area contributed by atoms with Gasteiger partial charge in [0.2, 0.25) is 5.91 Å². The van der Waals surface area contributed by atoms with Crippen molar-refractivity contribution in [3.05, 3.63) is 71.6 Å². The van der Waals surface area contributed by atoms with Crippen molar-refractivity contribution in [2.24, 2.45) is 0 Å². The average molecular weight is 674 g/mol. The molecule has 0 fully saturated rings. The molecule has 0 atom stereocenters. The number of benzene rings is 1.